The van der Waals surface area contributed by atoms with E-state index in [9.17, 15) is 5.11 Å². The first-order valence-electron chi connectivity index (χ1n) is 3.15. The standard InChI is InChI=1S/C6H10O2/c7-6(2-1-3-6)5-4-8-5/h5,7H,1-4H2. The average molecular weight is 114 g/mol. The molecule has 0 bridgehead atoms. The fourth-order valence-corrected chi connectivity index (χ4v) is 1.22. The summed E-state index contributed by atoms with van der Waals surface area (Å²) in [5.74, 6) is 0. The van der Waals surface area contributed by atoms with E-state index in [1.54, 1.807) is 0 Å². The highest BCUT2D eigenvalue weighted by Gasteiger charge is 2.49. The van der Waals surface area contributed by atoms with Crippen molar-refractivity contribution in [2.24, 2.45) is 0 Å². The predicted molar refractivity (Wildman–Crippen MR) is 28.5 cm³/mol. The van der Waals surface area contributed by atoms with Crippen LogP contribution >= 0.6 is 0 Å². The minimum absolute atomic E-state index is 0.205. The van der Waals surface area contributed by atoms with Gasteiger partial charge in [-0.05, 0) is 19.3 Å². The van der Waals surface area contributed by atoms with Gasteiger partial charge in [-0.25, -0.2) is 0 Å². The second-order valence-corrected chi connectivity index (χ2v) is 2.78. The Bertz CT molecular complexity index is 103. The summed E-state index contributed by atoms with van der Waals surface area (Å²) in [5.41, 5.74) is -0.389. The normalized spacial score (nSPS) is 40.9. The van der Waals surface area contributed by atoms with Crippen LogP contribution in [0, 0.1) is 0 Å². The Labute approximate surface area is 48.5 Å². The second kappa shape index (κ2) is 1.25. The van der Waals surface area contributed by atoms with Crippen molar-refractivity contribution in [2.45, 2.75) is 31.0 Å². The summed E-state index contributed by atoms with van der Waals surface area (Å²) >= 11 is 0. The first-order chi connectivity index (χ1) is 3.81. The van der Waals surface area contributed by atoms with Crippen LogP contribution in [0.5, 0.6) is 0 Å². The Morgan fingerprint density at radius 2 is 2.12 bits per heavy atom. The first-order valence-corrected chi connectivity index (χ1v) is 3.15. The van der Waals surface area contributed by atoms with E-state index in [1.165, 1.54) is 6.42 Å². The van der Waals surface area contributed by atoms with E-state index in [-0.39, 0.29) is 11.7 Å². The van der Waals surface area contributed by atoms with Gasteiger partial charge in [0.25, 0.3) is 0 Å². The lowest BCUT2D eigenvalue weighted by Gasteiger charge is -2.34. The van der Waals surface area contributed by atoms with E-state index in [2.05, 4.69) is 0 Å². The third kappa shape index (κ3) is 0.501. The molecule has 1 aliphatic heterocycles. The molecule has 1 aliphatic carbocycles. The molecule has 1 heterocycles. The predicted octanol–water partition coefficient (Wildman–Crippen LogP) is 0.300. The van der Waals surface area contributed by atoms with Crippen molar-refractivity contribution in [3.05, 3.63) is 0 Å². The summed E-state index contributed by atoms with van der Waals surface area (Å²) in [7, 11) is 0. The molecule has 2 nitrogen and oxygen atoms in total. The molecule has 1 atom stereocenters. The minimum Gasteiger partial charge on any atom is -0.387 e. The molecule has 0 aromatic rings. The molecule has 2 heteroatoms. The SMILES string of the molecule is OC1(C2CO2)CCC1. The van der Waals surface area contributed by atoms with Gasteiger partial charge in [0.1, 0.15) is 6.10 Å². The number of ether oxygens (including phenoxy) is 1. The number of rotatable bonds is 1. The van der Waals surface area contributed by atoms with Gasteiger partial charge in [-0.3, -0.25) is 0 Å². The van der Waals surface area contributed by atoms with Crippen molar-refractivity contribution in [1.82, 2.24) is 0 Å². The molecule has 0 aromatic heterocycles. The minimum atomic E-state index is -0.389. The van der Waals surface area contributed by atoms with Crippen molar-refractivity contribution < 1.29 is 9.84 Å². The average Bonchev–Trinajstić information content (AvgIpc) is 2.38. The molecular formula is C6H10O2. The summed E-state index contributed by atoms with van der Waals surface area (Å²) in [4.78, 5) is 0. The van der Waals surface area contributed by atoms with Crippen molar-refractivity contribution in [3.8, 4) is 0 Å². The van der Waals surface area contributed by atoms with Gasteiger partial charge >= 0.3 is 0 Å². The summed E-state index contributed by atoms with van der Waals surface area (Å²) in [6.07, 6.45) is 3.29. The van der Waals surface area contributed by atoms with Gasteiger partial charge in [0.15, 0.2) is 0 Å². The van der Waals surface area contributed by atoms with E-state index < -0.39 is 0 Å². The van der Waals surface area contributed by atoms with Crippen LogP contribution < -0.4 is 0 Å². The van der Waals surface area contributed by atoms with Crippen LogP contribution in [-0.4, -0.2) is 23.4 Å². The monoisotopic (exact) mass is 114 g/mol. The Morgan fingerprint density at radius 3 is 2.25 bits per heavy atom. The van der Waals surface area contributed by atoms with Gasteiger partial charge in [0.05, 0.1) is 12.2 Å². The highest BCUT2D eigenvalue weighted by Crippen LogP contribution is 2.40. The van der Waals surface area contributed by atoms with Crippen molar-refractivity contribution in [1.29, 1.82) is 0 Å². The molecule has 46 valence electrons. The molecule has 2 aliphatic rings. The van der Waals surface area contributed by atoms with Crippen LogP contribution in [0.4, 0.5) is 0 Å². The zero-order chi connectivity index (χ0) is 5.61. The summed E-state index contributed by atoms with van der Waals surface area (Å²) in [6, 6.07) is 0. The second-order valence-electron chi connectivity index (χ2n) is 2.78. The molecule has 1 unspecified atom stereocenters. The lowest BCUT2D eigenvalue weighted by molar-refractivity contribution is -0.0549. The van der Waals surface area contributed by atoms with E-state index in [4.69, 9.17) is 4.74 Å². The van der Waals surface area contributed by atoms with Crippen LogP contribution in [-0.2, 0) is 4.74 Å². The van der Waals surface area contributed by atoms with Crippen molar-refractivity contribution >= 4 is 0 Å². The molecule has 8 heavy (non-hydrogen) atoms. The zero-order valence-corrected chi connectivity index (χ0v) is 4.76. The molecule has 0 spiro atoms. The summed E-state index contributed by atoms with van der Waals surface area (Å²) < 4.78 is 4.97. The maximum absolute atomic E-state index is 9.42. The molecular weight excluding hydrogens is 104 g/mol. The number of hydrogen-bond donors (Lipinski definition) is 1. The lowest BCUT2D eigenvalue weighted by atomic mass is 9.78. The largest absolute Gasteiger partial charge is 0.387 e. The molecule has 1 saturated carbocycles. The van der Waals surface area contributed by atoms with Gasteiger partial charge in [-0.15, -0.1) is 0 Å². The first kappa shape index (κ1) is 4.77. The van der Waals surface area contributed by atoms with Crippen LogP contribution in [0.2, 0.25) is 0 Å². The maximum Gasteiger partial charge on any atom is 0.110 e. The highest BCUT2D eigenvalue weighted by molar-refractivity contribution is 4.99. The number of epoxide rings is 1. The Kier molecular flexibility index (Phi) is 0.746. The smallest absolute Gasteiger partial charge is 0.110 e. The van der Waals surface area contributed by atoms with Gasteiger partial charge < -0.3 is 9.84 Å². The Morgan fingerprint density at radius 1 is 1.50 bits per heavy atom. The number of hydrogen-bond acceptors (Lipinski definition) is 2. The van der Waals surface area contributed by atoms with E-state index in [1.807, 2.05) is 0 Å². The van der Waals surface area contributed by atoms with Crippen molar-refractivity contribution in [3.63, 3.8) is 0 Å². The summed E-state index contributed by atoms with van der Waals surface area (Å²) in [6.45, 7) is 0.788. The molecule has 1 saturated heterocycles. The van der Waals surface area contributed by atoms with Crippen LogP contribution in [0.15, 0.2) is 0 Å². The van der Waals surface area contributed by atoms with Crippen LogP contribution in [0.3, 0.4) is 0 Å². The molecule has 1 N–H and O–H groups in total. The molecule has 0 radical (unpaired) electrons. The van der Waals surface area contributed by atoms with Gasteiger partial charge in [-0.2, -0.15) is 0 Å². The van der Waals surface area contributed by atoms with Gasteiger partial charge in [0, 0.05) is 0 Å². The molecule has 0 aromatic carbocycles. The maximum atomic E-state index is 9.42. The molecule has 2 fully saturated rings. The van der Waals surface area contributed by atoms with E-state index >= 15 is 0 Å². The lowest BCUT2D eigenvalue weighted by Crippen LogP contribution is -2.42. The van der Waals surface area contributed by atoms with Gasteiger partial charge in [0.2, 0.25) is 0 Å². The third-order valence-electron chi connectivity index (χ3n) is 2.15. The van der Waals surface area contributed by atoms with E-state index in [0.29, 0.717) is 0 Å². The quantitative estimate of drug-likeness (QED) is 0.497. The van der Waals surface area contributed by atoms with E-state index in [0.717, 1.165) is 19.4 Å². The Hall–Kier alpha value is -0.0800. The zero-order valence-electron chi connectivity index (χ0n) is 4.76. The molecule has 2 rings (SSSR count). The molecule has 0 amide bonds. The van der Waals surface area contributed by atoms with Crippen molar-refractivity contribution in [2.75, 3.05) is 6.61 Å². The van der Waals surface area contributed by atoms with Crippen LogP contribution in [0.25, 0.3) is 0 Å². The highest BCUT2D eigenvalue weighted by atomic mass is 16.6. The topological polar surface area (TPSA) is 32.8 Å². The van der Waals surface area contributed by atoms with Crippen LogP contribution in [0.1, 0.15) is 19.3 Å². The fraction of sp³-hybridized carbons (Fsp3) is 1.00. The fourth-order valence-electron chi connectivity index (χ4n) is 1.22. The Balaban J connectivity index is 1.99. The number of aliphatic hydroxyl groups is 1. The summed E-state index contributed by atoms with van der Waals surface area (Å²) in [5, 5.41) is 9.42. The third-order valence-corrected chi connectivity index (χ3v) is 2.15. The van der Waals surface area contributed by atoms with Gasteiger partial charge in [-0.1, -0.05) is 0 Å².